The van der Waals surface area contributed by atoms with Crippen LogP contribution in [0.2, 0.25) is 0 Å². The molecule has 0 spiro atoms. The van der Waals surface area contributed by atoms with E-state index in [1.807, 2.05) is 24.5 Å². The maximum absolute atomic E-state index is 4.06. The highest BCUT2D eigenvalue weighted by Crippen LogP contribution is 2.22. The molecule has 2 atom stereocenters. The van der Waals surface area contributed by atoms with Gasteiger partial charge < -0.3 is 5.32 Å². The Morgan fingerprint density at radius 2 is 1.90 bits per heavy atom. The molecule has 20 heavy (non-hydrogen) atoms. The third-order valence-electron chi connectivity index (χ3n) is 3.98. The van der Waals surface area contributed by atoms with Crippen LogP contribution in [0, 0.1) is 0 Å². The molecule has 2 aromatic rings. The standard InChI is InChI=1S/C17H21N3/c1-14-11-17(19-16-7-9-18-10-8-16)13-20(14)12-15-5-3-2-4-6-15/h2-10,14,17H,11-13H2,1H3,(H,18,19). The molecule has 1 aromatic carbocycles. The van der Waals surface area contributed by atoms with Gasteiger partial charge in [-0.1, -0.05) is 30.3 Å². The fourth-order valence-corrected chi connectivity index (χ4v) is 2.93. The molecule has 1 N–H and O–H groups in total. The molecule has 1 saturated heterocycles. The Morgan fingerprint density at radius 3 is 2.65 bits per heavy atom. The molecule has 3 heteroatoms. The first kappa shape index (κ1) is 13.1. The first-order valence-corrected chi connectivity index (χ1v) is 7.26. The third-order valence-corrected chi connectivity index (χ3v) is 3.98. The fourth-order valence-electron chi connectivity index (χ4n) is 2.93. The van der Waals surface area contributed by atoms with Crippen molar-refractivity contribution in [1.29, 1.82) is 0 Å². The normalized spacial score (nSPS) is 22.9. The third kappa shape index (κ3) is 3.17. The van der Waals surface area contributed by atoms with Crippen molar-refractivity contribution in [3.63, 3.8) is 0 Å². The van der Waals surface area contributed by atoms with Crippen LogP contribution < -0.4 is 5.32 Å². The maximum atomic E-state index is 4.06. The number of nitrogens with one attached hydrogen (secondary N) is 1. The van der Waals surface area contributed by atoms with Crippen molar-refractivity contribution in [3.8, 4) is 0 Å². The van der Waals surface area contributed by atoms with Crippen LogP contribution in [-0.4, -0.2) is 28.5 Å². The van der Waals surface area contributed by atoms with Gasteiger partial charge in [-0.2, -0.15) is 0 Å². The molecular formula is C17H21N3. The summed E-state index contributed by atoms with van der Waals surface area (Å²) in [6.45, 7) is 4.45. The number of anilines is 1. The first-order chi connectivity index (χ1) is 9.81. The molecule has 2 unspecified atom stereocenters. The SMILES string of the molecule is CC1CC(Nc2ccncc2)CN1Cc1ccccc1. The van der Waals surface area contributed by atoms with Crippen molar-refractivity contribution in [2.45, 2.75) is 32.0 Å². The molecule has 0 aliphatic carbocycles. The minimum Gasteiger partial charge on any atom is -0.381 e. The number of likely N-dealkylation sites (tertiary alicyclic amines) is 1. The van der Waals surface area contributed by atoms with E-state index in [9.17, 15) is 0 Å². The van der Waals surface area contributed by atoms with E-state index >= 15 is 0 Å². The summed E-state index contributed by atoms with van der Waals surface area (Å²) in [7, 11) is 0. The van der Waals surface area contributed by atoms with E-state index in [0.717, 1.165) is 13.1 Å². The average molecular weight is 267 g/mol. The highest BCUT2D eigenvalue weighted by Gasteiger charge is 2.28. The monoisotopic (exact) mass is 267 g/mol. The smallest absolute Gasteiger partial charge is 0.0403 e. The molecule has 0 bridgehead atoms. The van der Waals surface area contributed by atoms with Crippen LogP contribution in [0.25, 0.3) is 0 Å². The van der Waals surface area contributed by atoms with Gasteiger partial charge in [-0.05, 0) is 31.0 Å². The van der Waals surface area contributed by atoms with Gasteiger partial charge >= 0.3 is 0 Å². The predicted molar refractivity (Wildman–Crippen MR) is 82.6 cm³/mol. The van der Waals surface area contributed by atoms with Crippen molar-refractivity contribution >= 4 is 5.69 Å². The van der Waals surface area contributed by atoms with Gasteiger partial charge in [0.25, 0.3) is 0 Å². The number of hydrogen-bond acceptors (Lipinski definition) is 3. The summed E-state index contributed by atoms with van der Waals surface area (Å²) < 4.78 is 0. The van der Waals surface area contributed by atoms with Gasteiger partial charge in [-0.25, -0.2) is 0 Å². The van der Waals surface area contributed by atoms with Crippen molar-refractivity contribution < 1.29 is 0 Å². The van der Waals surface area contributed by atoms with E-state index in [0.29, 0.717) is 12.1 Å². The zero-order valence-corrected chi connectivity index (χ0v) is 11.9. The highest BCUT2D eigenvalue weighted by molar-refractivity contribution is 5.42. The lowest BCUT2D eigenvalue weighted by atomic mass is 10.2. The minimum absolute atomic E-state index is 0.524. The number of pyridine rings is 1. The zero-order chi connectivity index (χ0) is 13.8. The van der Waals surface area contributed by atoms with Gasteiger partial charge in [0, 0.05) is 43.3 Å². The average Bonchev–Trinajstić information content (AvgIpc) is 2.81. The van der Waals surface area contributed by atoms with Crippen molar-refractivity contribution in [1.82, 2.24) is 9.88 Å². The molecule has 0 radical (unpaired) electrons. The largest absolute Gasteiger partial charge is 0.381 e. The van der Waals surface area contributed by atoms with E-state index in [-0.39, 0.29) is 0 Å². The van der Waals surface area contributed by atoms with Gasteiger partial charge in [0.1, 0.15) is 0 Å². The van der Waals surface area contributed by atoms with E-state index < -0.39 is 0 Å². The predicted octanol–water partition coefficient (Wildman–Crippen LogP) is 3.16. The van der Waals surface area contributed by atoms with E-state index in [2.05, 4.69) is 52.5 Å². The van der Waals surface area contributed by atoms with Crippen LogP contribution in [0.3, 0.4) is 0 Å². The zero-order valence-electron chi connectivity index (χ0n) is 11.9. The van der Waals surface area contributed by atoms with Gasteiger partial charge in [0.2, 0.25) is 0 Å². The van der Waals surface area contributed by atoms with Crippen LogP contribution in [0.5, 0.6) is 0 Å². The summed E-state index contributed by atoms with van der Waals surface area (Å²) in [5.41, 5.74) is 2.56. The van der Waals surface area contributed by atoms with Gasteiger partial charge in [-0.3, -0.25) is 9.88 Å². The molecule has 3 nitrogen and oxygen atoms in total. The second-order valence-electron chi connectivity index (χ2n) is 5.58. The van der Waals surface area contributed by atoms with Crippen LogP contribution in [-0.2, 0) is 6.54 Å². The van der Waals surface area contributed by atoms with E-state index in [4.69, 9.17) is 0 Å². The molecule has 1 aliphatic heterocycles. The Morgan fingerprint density at radius 1 is 1.15 bits per heavy atom. The van der Waals surface area contributed by atoms with Crippen LogP contribution in [0.15, 0.2) is 54.9 Å². The molecule has 1 aromatic heterocycles. The quantitative estimate of drug-likeness (QED) is 0.922. The van der Waals surface area contributed by atoms with Crippen molar-refractivity contribution in [3.05, 3.63) is 60.4 Å². The Labute approximate surface area is 120 Å². The second kappa shape index (κ2) is 6.06. The Hall–Kier alpha value is -1.87. The Bertz CT molecular complexity index is 526. The molecular weight excluding hydrogens is 246 g/mol. The Balaban J connectivity index is 1.59. The van der Waals surface area contributed by atoms with E-state index in [1.165, 1.54) is 17.7 Å². The summed E-state index contributed by atoms with van der Waals surface area (Å²) in [6, 6.07) is 15.9. The lowest BCUT2D eigenvalue weighted by Gasteiger charge is -2.21. The summed E-state index contributed by atoms with van der Waals surface area (Å²) in [6.07, 6.45) is 4.86. The Kier molecular flexibility index (Phi) is 3.97. The summed E-state index contributed by atoms with van der Waals surface area (Å²) in [4.78, 5) is 6.61. The minimum atomic E-state index is 0.524. The highest BCUT2D eigenvalue weighted by atomic mass is 15.2. The molecule has 2 heterocycles. The lowest BCUT2D eigenvalue weighted by molar-refractivity contribution is 0.259. The van der Waals surface area contributed by atoms with Crippen molar-refractivity contribution in [2.75, 3.05) is 11.9 Å². The molecule has 1 aliphatic rings. The molecule has 0 saturated carbocycles. The van der Waals surface area contributed by atoms with Crippen molar-refractivity contribution in [2.24, 2.45) is 0 Å². The van der Waals surface area contributed by atoms with E-state index in [1.54, 1.807) is 0 Å². The molecule has 104 valence electrons. The molecule has 3 rings (SSSR count). The van der Waals surface area contributed by atoms with Gasteiger partial charge in [-0.15, -0.1) is 0 Å². The van der Waals surface area contributed by atoms with Gasteiger partial charge in [0.15, 0.2) is 0 Å². The summed E-state index contributed by atoms with van der Waals surface area (Å²) in [5.74, 6) is 0. The number of aromatic nitrogens is 1. The number of benzene rings is 1. The second-order valence-corrected chi connectivity index (χ2v) is 5.58. The van der Waals surface area contributed by atoms with Gasteiger partial charge in [0.05, 0.1) is 0 Å². The first-order valence-electron chi connectivity index (χ1n) is 7.26. The van der Waals surface area contributed by atoms with Crippen LogP contribution in [0.4, 0.5) is 5.69 Å². The lowest BCUT2D eigenvalue weighted by Crippen LogP contribution is -2.28. The summed E-state index contributed by atoms with van der Waals surface area (Å²) in [5, 5.41) is 3.61. The number of nitrogens with zero attached hydrogens (tertiary/aromatic N) is 2. The molecule has 1 fully saturated rings. The fraction of sp³-hybridized carbons (Fsp3) is 0.353. The summed E-state index contributed by atoms with van der Waals surface area (Å²) >= 11 is 0. The van der Waals surface area contributed by atoms with Crippen LogP contribution >= 0.6 is 0 Å². The van der Waals surface area contributed by atoms with Crippen LogP contribution in [0.1, 0.15) is 18.9 Å². The number of hydrogen-bond donors (Lipinski definition) is 1. The number of rotatable bonds is 4. The topological polar surface area (TPSA) is 28.2 Å². The maximum Gasteiger partial charge on any atom is 0.0403 e. The molecule has 0 amide bonds.